The lowest BCUT2D eigenvalue weighted by Crippen LogP contribution is -2.49. The molecule has 0 radical (unpaired) electrons. The first-order valence-electron chi connectivity index (χ1n) is 5.86. The van der Waals surface area contributed by atoms with Gasteiger partial charge in [-0.15, -0.1) is 0 Å². The van der Waals surface area contributed by atoms with Gasteiger partial charge in [-0.25, -0.2) is 4.39 Å². The molecule has 0 aliphatic carbocycles. The molecule has 92 valence electrons. The molecular formula is C13H17FN2O. The molecule has 1 aliphatic rings. The van der Waals surface area contributed by atoms with Gasteiger partial charge in [0.1, 0.15) is 5.82 Å². The van der Waals surface area contributed by atoms with Gasteiger partial charge in [-0.05, 0) is 19.2 Å². The van der Waals surface area contributed by atoms with Crippen molar-refractivity contribution in [3.63, 3.8) is 0 Å². The topological polar surface area (TPSA) is 32.3 Å². The number of nitrogens with one attached hydrogen (secondary N) is 1. The average Bonchev–Trinajstić information content (AvgIpc) is 2.32. The highest BCUT2D eigenvalue weighted by atomic mass is 19.1. The molecule has 0 amide bonds. The molecule has 1 aromatic rings. The Morgan fingerprint density at radius 1 is 1.59 bits per heavy atom. The molecule has 1 aliphatic heterocycles. The maximum atomic E-state index is 13.0. The van der Waals surface area contributed by atoms with Gasteiger partial charge >= 0.3 is 0 Å². The van der Waals surface area contributed by atoms with Crippen LogP contribution in [0.4, 0.5) is 4.39 Å². The van der Waals surface area contributed by atoms with Gasteiger partial charge < -0.3 is 10.2 Å². The number of piperazine rings is 1. The molecule has 1 atom stereocenters. The van der Waals surface area contributed by atoms with Gasteiger partial charge in [0.15, 0.2) is 5.78 Å². The quantitative estimate of drug-likeness (QED) is 0.803. The van der Waals surface area contributed by atoms with Crippen molar-refractivity contribution in [2.45, 2.75) is 12.5 Å². The fourth-order valence-corrected chi connectivity index (χ4v) is 2.08. The van der Waals surface area contributed by atoms with E-state index in [-0.39, 0.29) is 17.6 Å². The van der Waals surface area contributed by atoms with Crippen molar-refractivity contribution < 1.29 is 9.18 Å². The number of nitrogens with zero attached hydrogens (tertiary/aromatic N) is 1. The van der Waals surface area contributed by atoms with Crippen LogP contribution in [0.5, 0.6) is 0 Å². The molecule has 1 aromatic carbocycles. The second-order valence-electron chi connectivity index (χ2n) is 4.48. The van der Waals surface area contributed by atoms with E-state index in [0.717, 1.165) is 19.6 Å². The van der Waals surface area contributed by atoms with Crippen LogP contribution in [-0.2, 0) is 0 Å². The summed E-state index contributed by atoms with van der Waals surface area (Å²) in [7, 11) is 2.02. The lowest BCUT2D eigenvalue weighted by atomic mass is 10.0. The predicted molar refractivity (Wildman–Crippen MR) is 64.6 cm³/mol. The standard InChI is InChI=1S/C13H17FN2O/c1-16-6-5-15-9-12(16)8-13(17)10-3-2-4-11(14)7-10/h2-4,7,12,15H,5-6,8-9H2,1H3. The Balaban J connectivity index is 2.01. The summed E-state index contributed by atoms with van der Waals surface area (Å²) >= 11 is 0. The van der Waals surface area contributed by atoms with E-state index in [0.29, 0.717) is 12.0 Å². The minimum atomic E-state index is -0.356. The Morgan fingerprint density at radius 3 is 3.12 bits per heavy atom. The number of halogens is 1. The van der Waals surface area contributed by atoms with Gasteiger partial charge in [0.2, 0.25) is 0 Å². The lowest BCUT2D eigenvalue weighted by molar-refractivity contribution is 0.0917. The number of likely N-dealkylation sites (N-methyl/N-ethyl adjacent to an activating group) is 1. The van der Waals surface area contributed by atoms with Gasteiger partial charge in [0, 0.05) is 37.7 Å². The number of hydrogen-bond acceptors (Lipinski definition) is 3. The summed E-state index contributed by atoms with van der Waals surface area (Å²) in [5.74, 6) is -0.351. The molecular weight excluding hydrogens is 219 g/mol. The Kier molecular flexibility index (Phi) is 3.86. The van der Waals surface area contributed by atoms with E-state index < -0.39 is 0 Å². The summed E-state index contributed by atoms with van der Waals surface area (Å²) in [6.45, 7) is 2.72. The van der Waals surface area contributed by atoms with Crippen molar-refractivity contribution in [3.8, 4) is 0 Å². The van der Waals surface area contributed by atoms with Crippen LogP contribution in [0.15, 0.2) is 24.3 Å². The van der Waals surface area contributed by atoms with E-state index in [9.17, 15) is 9.18 Å². The monoisotopic (exact) mass is 236 g/mol. The molecule has 1 unspecified atom stereocenters. The molecule has 0 aromatic heterocycles. The molecule has 1 saturated heterocycles. The Bertz CT molecular complexity index is 408. The Morgan fingerprint density at radius 2 is 2.41 bits per heavy atom. The smallest absolute Gasteiger partial charge is 0.164 e. The maximum Gasteiger partial charge on any atom is 0.164 e. The zero-order chi connectivity index (χ0) is 12.3. The summed E-state index contributed by atoms with van der Waals surface area (Å²) < 4.78 is 13.0. The number of ketones is 1. The molecule has 4 heteroatoms. The van der Waals surface area contributed by atoms with Crippen LogP contribution in [0, 0.1) is 5.82 Å². The van der Waals surface area contributed by atoms with Crippen LogP contribution >= 0.6 is 0 Å². The molecule has 1 heterocycles. The van der Waals surface area contributed by atoms with Crippen molar-refractivity contribution >= 4 is 5.78 Å². The van der Waals surface area contributed by atoms with E-state index in [4.69, 9.17) is 0 Å². The normalized spacial score (nSPS) is 21.4. The highest BCUT2D eigenvalue weighted by Crippen LogP contribution is 2.11. The van der Waals surface area contributed by atoms with E-state index in [1.165, 1.54) is 12.1 Å². The molecule has 2 rings (SSSR count). The van der Waals surface area contributed by atoms with E-state index in [2.05, 4.69) is 10.2 Å². The largest absolute Gasteiger partial charge is 0.314 e. The molecule has 0 spiro atoms. The van der Waals surface area contributed by atoms with Gasteiger partial charge in [-0.1, -0.05) is 12.1 Å². The van der Waals surface area contributed by atoms with Gasteiger partial charge in [-0.2, -0.15) is 0 Å². The zero-order valence-electron chi connectivity index (χ0n) is 9.95. The van der Waals surface area contributed by atoms with Crippen LogP contribution in [0.25, 0.3) is 0 Å². The third kappa shape index (κ3) is 3.11. The van der Waals surface area contributed by atoms with Crippen molar-refractivity contribution in [2.75, 3.05) is 26.7 Å². The number of Topliss-reactive ketones (excluding diaryl/α,β-unsaturated/α-hetero) is 1. The number of carbonyl (C=O) groups is 1. The average molecular weight is 236 g/mol. The summed E-state index contributed by atoms with van der Waals surface area (Å²) in [5, 5.41) is 3.27. The highest BCUT2D eigenvalue weighted by Gasteiger charge is 2.22. The fourth-order valence-electron chi connectivity index (χ4n) is 2.08. The van der Waals surface area contributed by atoms with Gasteiger partial charge in [0.25, 0.3) is 0 Å². The number of benzene rings is 1. The van der Waals surface area contributed by atoms with Crippen LogP contribution in [-0.4, -0.2) is 43.4 Å². The van der Waals surface area contributed by atoms with Crippen molar-refractivity contribution in [1.29, 1.82) is 0 Å². The summed E-state index contributed by atoms with van der Waals surface area (Å²) in [6.07, 6.45) is 0.437. The molecule has 3 nitrogen and oxygen atoms in total. The first-order chi connectivity index (χ1) is 8.16. The van der Waals surface area contributed by atoms with Crippen LogP contribution in [0.3, 0.4) is 0 Å². The number of hydrogen-bond donors (Lipinski definition) is 1. The molecule has 1 fully saturated rings. The van der Waals surface area contributed by atoms with Crippen LogP contribution in [0.1, 0.15) is 16.8 Å². The molecule has 0 bridgehead atoms. The van der Waals surface area contributed by atoms with E-state index >= 15 is 0 Å². The summed E-state index contributed by atoms with van der Waals surface area (Å²) in [4.78, 5) is 14.2. The third-order valence-corrected chi connectivity index (χ3v) is 3.21. The minimum absolute atomic E-state index is 0.00468. The predicted octanol–water partition coefficient (Wildman–Crippen LogP) is 1.30. The first kappa shape index (κ1) is 12.2. The maximum absolute atomic E-state index is 13.0. The van der Waals surface area contributed by atoms with Gasteiger partial charge in [-0.3, -0.25) is 4.79 Å². The number of rotatable bonds is 3. The molecule has 17 heavy (non-hydrogen) atoms. The third-order valence-electron chi connectivity index (χ3n) is 3.21. The van der Waals surface area contributed by atoms with Crippen molar-refractivity contribution in [1.82, 2.24) is 10.2 Å². The fraction of sp³-hybridized carbons (Fsp3) is 0.462. The van der Waals surface area contributed by atoms with Crippen molar-refractivity contribution in [2.24, 2.45) is 0 Å². The van der Waals surface area contributed by atoms with Crippen molar-refractivity contribution in [3.05, 3.63) is 35.6 Å². The van der Waals surface area contributed by atoms with E-state index in [1.54, 1.807) is 12.1 Å². The summed E-state index contributed by atoms with van der Waals surface area (Å²) in [5.41, 5.74) is 0.462. The summed E-state index contributed by atoms with van der Waals surface area (Å²) in [6, 6.07) is 6.11. The highest BCUT2D eigenvalue weighted by molar-refractivity contribution is 5.96. The second-order valence-corrected chi connectivity index (χ2v) is 4.48. The minimum Gasteiger partial charge on any atom is -0.314 e. The van der Waals surface area contributed by atoms with Crippen LogP contribution in [0.2, 0.25) is 0 Å². The van der Waals surface area contributed by atoms with Gasteiger partial charge in [0.05, 0.1) is 0 Å². The first-order valence-corrected chi connectivity index (χ1v) is 5.86. The molecule has 1 N–H and O–H groups in total. The lowest BCUT2D eigenvalue weighted by Gasteiger charge is -2.32. The second kappa shape index (κ2) is 5.38. The number of carbonyl (C=O) groups excluding carboxylic acids is 1. The Labute approximate surface area is 101 Å². The zero-order valence-corrected chi connectivity index (χ0v) is 9.95. The molecule has 0 saturated carbocycles. The van der Waals surface area contributed by atoms with Crippen LogP contribution < -0.4 is 5.32 Å². The van der Waals surface area contributed by atoms with E-state index in [1.807, 2.05) is 7.05 Å². The SMILES string of the molecule is CN1CCNCC1CC(=O)c1cccc(F)c1. The Hall–Kier alpha value is -1.26.